The highest BCUT2D eigenvalue weighted by molar-refractivity contribution is 5.90. The molecule has 0 atom stereocenters. The topological polar surface area (TPSA) is 43.6 Å². The summed E-state index contributed by atoms with van der Waals surface area (Å²) in [6.45, 7) is 5.15. The molecule has 114 valence electrons. The van der Waals surface area contributed by atoms with Crippen LogP contribution in [0.5, 0.6) is 11.5 Å². The van der Waals surface area contributed by atoms with Crippen molar-refractivity contribution in [3.05, 3.63) is 23.5 Å². The molecule has 1 aliphatic carbocycles. The summed E-state index contributed by atoms with van der Waals surface area (Å²) in [6, 6.07) is 4.52. The summed E-state index contributed by atoms with van der Waals surface area (Å²) in [7, 11) is 3.34. The minimum atomic E-state index is 0.379. The van der Waals surface area contributed by atoms with Crippen LogP contribution in [-0.4, -0.2) is 20.3 Å². The summed E-state index contributed by atoms with van der Waals surface area (Å²) < 4.78 is 17.0. The molecule has 1 aromatic carbocycles. The lowest BCUT2D eigenvalue weighted by Crippen LogP contribution is -2.16. The monoisotopic (exact) mass is 289 g/mol. The average molecular weight is 289 g/mol. The van der Waals surface area contributed by atoms with Crippen LogP contribution in [0.15, 0.2) is 16.5 Å². The fourth-order valence-corrected chi connectivity index (χ4v) is 2.78. The zero-order chi connectivity index (χ0) is 15.0. The third-order valence-electron chi connectivity index (χ3n) is 4.00. The number of rotatable bonds is 6. The number of nitrogens with one attached hydrogen (secondary N) is 1. The fraction of sp³-hybridized carbons (Fsp3) is 0.529. The summed E-state index contributed by atoms with van der Waals surface area (Å²) in [5.41, 5.74) is 2.07. The van der Waals surface area contributed by atoms with Gasteiger partial charge in [0.15, 0.2) is 0 Å². The maximum atomic E-state index is 6.10. The van der Waals surface area contributed by atoms with Crippen molar-refractivity contribution in [1.29, 1.82) is 0 Å². The molecule has 3 rings (SSSR count). The van der Waals surface area contributed by atoms with Gasteiger partial charge in [0.05, 0.1) is 26.2 Å². The van der Waals surface area contributed by atoms with Gasteiger partial charge in [-0.15, -0.1) is 0 Å². The van der Waals surface area contributed by atoms with Gasteiger partial charge in [-0.3, -0.25) is 0 Å². The Labute approximate surface area is 125 Å². The van der Waals surface area contributed by atoms with E-state index in [9.17, 15) is 0 Å². The normalized spacial score (nSPS) is 14.9. The quantitative estimate of drug-likeness (QED) is 0.878. The van der Waals surface area contributed by atoms with E-state index in [1.807, 2.05) is 12.1 Å². The van der Waals surface area contributed by atoms with Crippen LogP contribution in [-0.2, 0) is 6.54 Å². The van der Waals surface area contributed by atoms with Crippen molar-refractivity contribution in [1.82, 2.24) is 5.32 Å². The summed E-state index contributed by atoms with van der Waals surface area (Å²) in [5, 5.41) is 4.60. The Morgan fingerprint density at radius 1 is 1.24 bits per heavy atom. The Morgan fingerprint density at radius 2 is 2.00 bits per heavy atom. The molecule has 21 heavy (non-hydrogen) atoms. The van der Waals surface area contributed by atoms with Crippen molar-refractivity contribution < 1.29 is 13.9 Å². The number of furan rings is 1. The predicted molar refractivity (Wildman–Crippen MR) is 83.3 cm³/mol. The van der Waals surface area contributed by atoms with Gasteiger partial charge in [0.2, 0.25) is 0 Å². The first-order valence-corrected chi connectivity index (χ1v) is 7.54. The lowest BCUT2D eigenvalue weighted by molar-refractivity contribution is 0.396. The molecule has 1 saturated carbocycles. The molecule has 4 heteroatoms. The van der Waals surface area contributed by atoms with Crippen LogP contribution in [0, 0.1) is 0 Å². The van der Waals surface area contributed by atoms with Gasteiger partial charge < -0.3 is 19.2 Å². The van der Waals surface area contributed by atoms with Crippen molar-refractivity contribution in [2.75, 3.05) is 14.2 Å². The minimum absolute atomic E-state index is 0.379. The van der Waals surface area contributed by atoms with Crippen LogP contribution in [0.25, 0.3) is 11.0 Å². The van der Waals surface area contributed by atoms with E-state index in [0.29, 0.717) is 12.0 Å². The van der Waals surface area contributed by atoms with Gasteiger partial charge in [-0.2, -0.15) is 0 Å². The van der Waals surface area contributed by atoms with Gasteiger partial charge in [0.1, 0.15) is 22.8 Å². The van der Waals surface area contributed by atoms with E-state index in [4.69, 9.17) is 13.9 Å². The van der Waals surface area contributed by atoms with Crippen molar-refractivity contribution in [3.63, 3.8) is 0 Å². The second-order valence-corrected chi connectivity index (χ2v) is 5.95. The molecular weight excluding hydrogens is 266 g/mol. The molecule has 0 spiro atoms. The molecule has 0 bridgehead atoms. The highest BCUT2D eigenvalue weighted by Gasteiger charge is 2.25. The first-order valence-electron chi connectivity index (χ1n) is 7.54. The van der Waals surface area contributed by atoms with Crippen LogP contribution in [0.4, 0.5) is 0 Å². The Balaban J connectivity index is 2.10. The average Bonchev–Trinajstić information content (AvgIpc) is 3.22. The van der Waals surface area contributed by atoms with Gasteiger partial charge >= 0.3 is 0 Å². The molecule has 0 radical (unpaired) electrons. The molecule has 0 aliphatic heterocycles. The standard InChI is InChI=1S/C17H23NO3/c1-10(2)16-15(9-18-11-5-6-11)21-14-8-12(19-3)7-13(20-4)17(14)16/h7-8,10-11,18H,5-6,9H2,1-4H3. The maximum absolute atomic E-state index is 6.10. The molecule has 0 saturated heterocycles. The highest BCUT2D eigenvalue weighted by Crippen LogP contribution is 2.40. The molecule has 1 N–H and O–H groups in total. The number of methoxy groups -OCH3 is 2. The smallest absolute Gasteiger partial charge is 0.142 e. The first kappa shape index (κ1) is 14.3. The van der Waals surface area contributed by atoms with E-state index < -0.39 is 0 Å². The Morgan fingerprint density at radius 3 is 2.57 bits per heavy atom. The molecule has 1 aliphatic rings. The minimum Gasteiger partial charge on any atom is -0.496 e. The predicted octanol–water partition coefficient (Wildman–Crippen LogP) is 3.83. The molecular formula is C17H23NO3. The van der Waals surface area contributed by atoms with E-state index in [1.54, 1.807) is 14.2 Å². The molecule has 1 aromatic heterocycles. The molecule has 4 nitrogen and oxygen atoms in total. The number of hydrogen-bond acceptors (Lipinski definition) is 4. The lowest BCUT2D eigenvalue weighted by Gasteiger charge is -2.10. The Bertz CT molecular complexity index is 641. The SMILES string of the molecule is COc1cc(OC)c2c(C(C)C)c(CNC3CC3)oc2c1. The van der Waals surface area contributed by atoms with Crippen molar-refractivity contribution in [2.24, 2.45) is 0 Å². The summed E-state index contributed by atoms with van der Waals surface area (Å²) in [5.74, 6) is 2.96. The molecule has 2 aromatic rings. The van der Waals surface area contributed by atoms with E-state index in [-0.39, 0.29) is 0 Å². The van der Waals surface area contributed by atoms with Gasteiger partial charge in [0.25, 0.3) is 0 Å². The summed E-state index contributed by atoms with van der Waals surface area (Å²) in [4.78, 5) is 0. The van der Waals surface area contributed by atoms with E-state index in [2.05, 4.69) is 19.2 Å². The summed E-state index contributed by atoms with van der Waals surface area (Å²) >= 11 is 0. The summed E-state index contributed by atoms with van der Waals surface area (Å²) in [6.07, 6.45) is 2.54. The third kappa shape index (κ3) is 2.72. The zero-order valence-electron chi connectivity index (χ0n) is 13.2. The van der Waals surface area contributed by atoms with Gasteiger partial charge in [-0.1, -0.05) is 13.8 Å². The van der Waals surface area contributed by atoms with Crippen molar-refractivity contribution in [2.45, 2.75) is 45.2 Å². The van der Waals surface area contributed by atoms with Gasteiger partial charge in [0, 0.05) is 23.7 Å². The van der Waals surface area contributed by atoms with Crippen LogP contribution in [0.2, 0.25) is 0 Å². The number of benzene rings is 1. The zero-order valence-corrected chi connectivity index (χ0v) is 13.2. The fourth-order valence-electron chi connectivity index (χ4n) is 2.78. The molecule has 1 fully saturated rings. The van der Waals surface area contributed by atoms with Gasteiger partial charge in [-0.05, 0) is 18.8 Å². The van der Waals surface area contributed by atoms with E-state index in [1.165, 1.54) is 18.4 Å². The first-order chi connectivity index (χ1) is 10.1. The molecule has 1 heterocycles. The second-order valence-electron chi connectivity index (χ2n) is 5.95. The second kappa shape index (κ2) is 5.60. The van der Waals surface area contributed by atoms with Crippen LogP contribution < -0.4 is 14.8 Å². The van der Waals surface area contributed by atoms with E-state index >= 15 is 0 Å². The number of hydrogen-bond donors (Lipinski definition) is 1. The van der Waals surface area contributed by atoms with Crippen molar-refractivity contribution in [3.8, 4) is 11.5 Å². The Kier molecular flexibility index (Phi) is 3.81. The maximum Gasteiger partial charge on any atom is 0.142 e. The third-order valence-corrected chi connectivity index (χ3v) is 4.00. The van der Waals surface area contributed by atoms with Crippen molar-refractivity contribution >= 4 is 11.0 Å². The Hall–Kier alpha value is -1.68. The lowest BCUT2D eigenvalue weighted by atomic mass is 9.98. The van der Waals surface area contributed by atoms with Crippen LogP contribution in [0.3, 0.4) is 0 Å². The number of ether oxygens (including phenoxy) is 2. The molecule has 0 unspecified atom stereocenters. The van der Waals surface area contributed by atoms with E-state index in [0.717, 1.165) is 34.8 Å². The largest absolute Gasteiger partial charge is 0.496 e. The van der Waals surface area contributed by atoms with Crippen LogP contribution in [0.1, 0.15) is 43.9 Å². The number of fused-ring (bicyclic) bond motifs is 1. The highest BCUT2D eigenvalue weighted by atomic mass is 16.5. The van der Waals surface area contributed by atoms with Crippen LogP contribution >= 0.6 is 0 Å². The molecule has 0 amide bonds. The van der Waals surface area contributed by atoms with Gasteiger partial charge in [-0.25, -0.2) is 0 Å².